The van der Waals surface area contributed by atoms with E-state index in [-0.39, 0.29) is 16.6 Å². The fourth-order valence-electron chi connectivity index (χ4n) is 6.85. The Morgan fingerprint density at radius 1 is 1.09 bits per heavy atom. The van der Waals surface area contributed by atoms with Gasteiger partial charge in [0.25, 0.3) is 0 Å². The summed E-state index contributed by atoms with van der Waals surface area (Å²) < 4.78 is 0. The number of ketones is 1. The van der Waals surface area contributed by atoms with Gasteiger partial charge in [-0.3, -0.25) is 4.79 Å². The zero-order valence-corrected chi connectivity index (χ0v) is 14.6. The Kier molecular flexibility index (Phi) is 3.23. The normalized spacial score (nSPS) is 55.7. The first-order valence-electron chi connectivity index (χ1n) is 9.34. The van der Waals surface area contributed by atoms with E-state index in [0.717, 1.165) is 44.1 Å². The summed E-state index contributed by atoms with van der Waals surface area (Å²) >= 11 is 0. The first kappa shape index (κ1) is 15.8. The number of aliphatic hydroxyl groups excluding tert-OH is 1. The van der Waals surface area contributed by atoms with Gasteiger partial charge in [0.05, 0.1) is 11.7 Å². The first-order valence-corrected chi connectivity index (χ1v) is 9.34. The molecule has 3 saturated carbocycles. The van der Waals surface area contributed by atoms with Gasteiger partial charge < -0.3 is 10.2 Å². The van der Waals surface area contributed by atoms with Gasteiger partial charge in [-0.25, -0.2) is 0 Å². The lowest BCUT2D eigenvalue weighted by Gasteiger charge is -2.59. The Balaban J connectivity index is 1.74. The van der Waals surface area contributed by atoms with Crippen molar-refractivity contribution in [1.29, 1.82) is 0 Å². The molecule has 0 amide bonds. The SMILES string of the molecule is C[C@]12CCC(=O)C=C1[C@H](O)C[C@@H]1[C@@H]2CC[C@@]2(C)[C@H]1CC[C@@]2(C)O. The maximum absolute atomic E-state index is 11.9. The van der Waals surface area contributed by atoms with Crippen molar-refractivity contribution in [3.8, 4) is 0 Å². The highest BCUT2D eigenvalue weighted by Gasteiger charge is 2.63. The van der Waals surface area contributed by atoms with Crippen LogP contribution in [0.2, 0.25) is 0 Å². The first-order chi connectivity index (χ1) is 10.7. The van der Waals surface area contributed by atoms with Crippen LogP contribution in [0.25, 0.3) is 0 Å². The van der Waals surface area contributed by atoms with E-state index in [2.05, 4.69) is 13.8 Å². The Bertz CT molecular complexity index is 577. The molecule has 128 valence electrons. The molecule has 2 N–H and O–H groups in total. The molecular formula is C20H30O3. The van der Waals surface area contributed by atoms with Crippen LogP contribution in [0.15, 0.2) is 11.6 Å². The van der Waals surface area contributed by atoms with Gasteiger partial charge in [-0.05, 0) is 85.7 Å². The molecule has 0 aromatic heterocycles. The van der Waals surface area contributed by atoms with Crippen LogP contribution in [-0.4, -0.2) is 27.7 Å². The van der Waals surface area contributed by atoms with E-state index in [4.69, 9.17) is 0 Å². The molecule has 4 rings (SSSR count). The number of carbonyl (C=O) groups excluding carboxylic acids is 1. The van der Waals surface area contributed by atoms with Crippen LogP contribution in [0.1, 0.15) is 65.7 Å². The molecular weight excluding hydrogens is 288 g/mol. The monoisotopic (exact) mass is 318 g/mol. The number of carbonyl (C=O) groups is 1. The fourth-order valence-corrected chi connectivity index (χ4v) is 6.85. The van der Waals surface area contributed by atoms with E-state index in [1.165, 1.54) is 0 Å². The molecule has 4 aliphatic rings. The minimum Gasteiger partial charge on any atom is -0.390 e. The predicted octanol–water partition coefficient (Wildman–Crippen LogP) is 3.24. The van der Waals surface area contributed by atoms with Crippen molar-refractivity contribution in [3.05, 3.63) is 11.6 Å². The van der Waals surface area contributed by atoms with Crippen LogP contribution in [0.3, 0.4) is 0 Å². The smallest absolute Gasteiger partial charge is 0.155 e. The number of rotatable bonds is 0. The highest BCUT2D eigenvalue weighted by Crippen LogP contribution is 2.67. The Labute approximate surface area is 139 Å². The molecule has 0 bridgehead atoms. The second-order valence-electron chi connectivity index (χ2n) is 9.38. The summed E-state index contributed by atoms with van der Waals surface area (Å²) in [5.74, 6) is 1.71. The second kappa shape index (κ2) is 4.70. The number of hydrogen-bond donors (Lipinski definition) is 2. The maximum atomic E-state index is 11.9. The molecule has 3 fully saturated rings. The molecule has 4 aliphatic carbocycles. The molecule has 0 aromatic rings. The molecule has 0 spiro atoms. The summed E-state index contributed by atoms with van der Waals surface area (Å²) in [5, 5.41) is 21.7. The van der Waals surface area contributed by atoms with Crippen LogP contribution in [0.4, 0.5) is 0 Å². The quantitative estimate of drug-likeness (QED) is 0.721. The van der Waals surface area contributed by atoms with Gasteiger partial charge in [0.15, 0.2) is 5.78 Å². The van der Waals surface area contributed by atoms with Crippen molar-refractivity contribution in [2.45, 2.75) is 77.4 Å². The third kappa shape index (κ3) is 1.93. The number of aliphatic hydroxyl groups is 2. The molecule has 3 nitrogen and oxygen atoms in total. The fraction of sp³-hybridized carbons (Fsp3) is 0.850. The summed E-state index contributed by atoms with van der Waals surface area (Å²) in [5.41, 5.74) is 0.387. The van der Waals surface area contributed by atoms with Crippen molar-refractivity contribution in [2.24, 2.45) is 28.6 Å². The zero-order valence-electron chi connectivity index (χ0n) is 14.6. The highest BCUT2D eigenvalue weighted by molar-refractivity contribution is 5.91. The third-order valence-electron chi connectivity index (χ3n) is 8.54. The summed E-state index contributed by atoms with van der Waals surface area (Å²) in [6, 6.07) is 0. The van der Waals surface area contributed by atoms with Crippen LogP contribution in [-0.2, 0) is 4.79 Å². The Morgan fingerprint density at radius 3 is 2.52 bits per heavy atom. The van der Waals surface area contributed by atoms with E-state index in [0.29, 0.717) is 24.2 Å². The molecule has 0 heterocycles. The molecule has 0 radical (unpaired) electrons. The van der Waals surface area contributed by atoms with Gasteiger partial charge in [0.2, 0.25) is 0 Å². The maximum Gasteiger partial charge on any atom is 0.155 e. The van der Waals surface area contributed by atoms with Crippen LogP contribution < -0.4 is 0 Å². The lowest BCUT2D eigenvalue weighted by atomic mass is 9.46. The molecule has 0 unspecified atom stereocenters. The molecule has 0 saturated heterocycles. The minimum atomic E-state index is -0.576. The van der Waals surface area contributed by atoms with Crippen molar-refractivity contribution in [3.63, 3.8) is 0 Å². The standard InChI is InChI=1S/C20H30O3/c1-18-7-4-12(21)10-16(18)17(22)11-13-14(18)5-8-19(2)15(13)6-9-20(19,3)23/h10,13-15,17,22-23H,4-9,11H2,1-3H3/t13-,14+,15+,17-,18-,19+,20-/m1/s1. The van der Waals surface area contributed by atoms with Crippen molar-refractivity contribution in [2.75, 3.05) is 0 Å². The van der Waals surface area contributed by atoms with Crippen LogP contribution >= 0.6 is 0 Å². The minimum absolute atomic E-state index is 0.0179. The average molecular weight is 318 g/mol. The lowest BCUT2D eigenvalue weighted by Crippen LogP contribution is -2.56. The zero-order chi connectivity index (χ0) is 16.6. The summed E-state index contributed by atoms with van der Waals surface area (Å²) in [7, 11) is 0. The van der Waals surface area contributed by atoms with E-state index in [1.54, 1.807) is 6.08 Å². The molecule has 0 aliphatic heterocycles. The van der Waals surface area contributed by atoms with Gasteiger partial charge in [-0.15, -0.1) is 0 Å². The number of fused-ring (bicyclic) bond motifs is 5. The average Bonchev–Trinajstić information content (AvgIpc) is 2.72. The van der Waals surface area contributed by atoms with Gasteiger partial charge in [-0.2, -0.15) is 0 Å². The van der Waals surface area contributed by atoms with E-state index >= 15 is 0 Å². The number of hydrogen-bond acceptors (Lipinski definition) is 3. The topological polar surface area (TPSA) is 57.5 Å². The Hall–Kier alpha value is -0.670. The van der Waals surface area contributed by atoms with E-state index < -0.39 is 11.7 Å². The predicted molar refractivity (Wildman–Crippen MR) is 88.7 cm³/mol. The van der Waals surface area contributed by atoms with Crippen LogP contribution in [0, 0.1) is 28.6 Å². The second-order valence-corrected chi connectivity index (χ2v) is 9.38. The molecule has 23 heavy (non-hydrogen) atoms. The summed E-state index contributed by atoms with van der Waals surface area (Å²) in [6.45, 7) is 6.56. The molecule has 7 atom stereocenters. The highest BCUT2D eigenvalue weighted by atomic mass is 16.3. The summed E-state index contributed by atoms with van der Waals surface area (Å²) in [4.78, 5) is 11.9. The van der Waals surface area contributed by atoms with E-state index in [1.807, 2.05) is 6.92 Å². The van der Waals surface area contributed by atoms with Crippen molar-refractivity contribution in [1.82, 2.24) is 0 Å². The largest absolute Gasteiger partial charge is 0.390 e. The van der Waals surface area contributed by atoms with Crippen molar-refractivity contribution >= 4 is 5.78 Å². The summed E-state index contributed by atoms with van der Waals surface area (Å²) in [6.07, 6.45) is 7.70. The van der Waals surface area contributed by atoms with Crippen LogP contribution in [0.5, 0.6) is 0 Å². The van der Waals surface area contributed by atoms with Gasteiger partial charge >= 0.3 is 0 Å². The van der Waals surface area contributed by atoms with Gasteiger partial charge in [-0.1, -0.05) is 13.8 Å². The molecule has 3 heteroatoms. The van der Waals surface area contributed by atoms with Gasteiger partial charge in [0, 0.05) is 6.42 Å². The third-order valence-corrected chi connectivity index (χ3v) is 8.54. The Morgan fingerprint density at radius 2 is 1.78 bits per heavy atom. The van der Waals surface area contributed by atoms with Crippen molar-refractivity contribution < 1.29 is 15.0 Å². The van der Waals surface area contributed by atoms with E-state index in [9.17, 15) is 15.0 Å². The molecule has 0 aromatic carbocycles. The van der Waals surface area contributed by atoms with Gasteiger partial charge in [0.1, 0.15) is 0 Å². The lowest BCUT2D eigenvalue weighted by molar-refractivity contribution is -0.132.